The van der Waals surface area contributed by atoms with Gasteiger partial charge in [-0.25, -0.2) is 0 Å². The fourth-order valence-corrected chi connectivity index (χ4v) is 1.79. The van der Waals surface area contributed by atoms with Gasteiger partial charge in [0.05, 0.1) is 0 Å². The van der Waals surface area contributed by atoms with Crippen LogP contribution < -0.4 is 5.73 Å². The van der Waals surface area contributed by atoms with E-state index >= 15 is 0 Å². The maximum absolute atomic E-state index is 12.1. The second kappa shape index (κ2) is 7.84. The second-order valence-electron chi connectivity index (χ2n) is 4.43. The number of carbonyl (C=O) groups is 1. The zero-order chi connectivity index (χ0) is 13.4. The Morgan fingerprint density at radius 3 is 2.56 bits per heavy atom. The minimum absolute atomic E-state index is 0.0646. The fraction of sp³-hybridized carbons (Fsp3) is 0.500. The molecule has 1 aromatic carbocycles. The molecule has 0 aromatic heterocycles. The second-order valence-corrected chi connectivity index (χ2v) is 4.43. The van der Waals surface area contributed by atoms with Gasteiger partial charge in [-0.2, -0.15) is 0 Å². The maximum atomic E-state index is 12.1. The van der Waals surface area contributed by atoms with E-state index in [0.29, 0.717) is 6.54 Å². The van der Waals surface area contributed by atoms with Crippen molar-refractivity contribution in [3.63, 3.8) is 0 Å². The summed E-state index contributed by atoms with van der Waals surface area (Å²) < 4.78 is 0. The van der Waals surface area contributed by atoms with Crippen molar-refractivity contribution in [1.82, 2.24) is 4.90 Å². The van der Waals surface area contributed by atoms with E-state index < -0.39 is 6.04 Å². The van der Waals surface area contributed by atoms with Crippen LogP contribution in [0.1, 0.15) is 30.9 Å². The van der Waals surface area contributed by atoms with Gasteiger partial charge in [0.15, 0.2) is 0 Å². The average molecular weight is 250 g/mol. The minimum atomic E-state index is -0.589. The molecule has 0 fully saturated rings. The van der Waals surface area contributed by atoms with Crippen LogP contribution in [-0.4, -0.2) is 36.1 Å². The van der Waals surface area contributed by atoms with Gasteiger partial charge >= 0.3 is 0 Å². The highest BCUT2D eigenvalue weighted by molar-refractivity contribution is 5.82. The van der Waals surface area contributed by atoms with Crippen molar-refractivity contribution in [2.24, 2.45) is 5.73 Å². The summed E-state index contributed by atoms with van der Waals surface area (Å²) in [5.41, 5.74) is 6.78. The van der Waals surface area contributed by atoms with Gasteiger partial charge in [0.1, 0.15) is 6.04 Å². The molecule has 0 heterocycles. The lowest BCUT2D eigenvalue weighted by atomic mass is 10.1. The number of unbranched alkanes of at least 4 members (excludes halogenated alkanes) is 2. The lowest BCUT2D eigenvalue weighted by Gasteiger charge is -2.21. The molecule has 0 saturated carbocycles. The number of nitrogens with two attached hydrogens (primary N) is 1. The van der Waals surface area contributed by atoms with Crippen LogP contribution in [0.15, 0.2) is 30.3 Å². The summed E-state index contributed by atoms with van der Waals surface area (Å²) in [6.07, 6.45) is 2.60. The fourth-order valence-electron chi connectivity index (χ4n) is 1.79. The minimum Gasteiger partial charge on any atom is -0.396 e. The summed E-state index contributed by atoms with van der Waals surface area (Å²) in [4.78, 5) is 13.7. The van der Waals surface area contributed by atoms with Crippen molar-refractivity contribution < 1.29 is 9.90 Å². The van der Waals surface area contributed by atoms with E-state index in [4.69, 9.17) is 10.8 Å². The molecule has 100 valence electrons. The number of hydrogen-bond acceptors (Lipinski definition) is 3. The van der Waals surface area contributed by atoms with Gasteiger partial charge in [0, 0.05) is 20.2 Å². The number of aliphatic hydroxyl groups is 1. The summed E-state index contributed by atoms with van der Waals surface area (Å²) in [6, 6.07) is 8.80. The number of amides is 1. The van der Waals surface area contributed by atoms with Crippen LogP contribution in [0.25, 0.3) is 0 Å². The average Bonchev–Trinajstić information content (AvgIpc) is 2.42. The molecule has 0 aliphatic rings. The van der Waals surface area contributed by atoms with Crippen LogP contribution in [0.4, 0.5) is 0 Å². The largest absolute Gasteiger partial charge is 0.396 e. The van der Waals surface area contributed by atoms with Gasteiger partial charge in [-0.05, 0) is 24.8 Å². The molecule has 0 saturated heterocycles. The Hall–Kier alpha value is -1.39. The monoisotopic (exact) mass is 250 g/mol. The first-order valence-electron chi connectivity index (χ1n) is 6.33. The van der Waals surface area contributed by atoms with Gasteiger partial charge in [-0.15, -0.1) is 0 Å². The Bertz CT molecular complexity index is 354. The van der Waals surface area contributed by atoms with E-state index in [0.717, 1.165) is 24.8 Å². The van der Waals surface area contributed by atoms with Gasteiger partial charge < -0.3 is 15.7 Å². The third-order valence-electron chi connectivity index (χ3n) is 2.95. The van der Waals surface area contributed by atoms with Crippen molar-refractivity contribution in [2.75, 3.05) is 20.2 Å². The first-order chi connectivity index (χ1) is 8.66. The molecule has 4 heteroatoms. The Balaban J connectivity index is 2.43. The molecule has 0 bridgehead atoms. The van der Waals surface area contributed by atoms with Crippen LogP contribution >= 0.6 is 0 Å². The topological polar surface area (TPSA) is 66.6 Å². The summed E-state index contributed by atoms with van der Waals surface area (Å²) >= 11 is 0. The Morgan fingerprint density at radius 1 is 1.28 bits per heavy atom. The molecular weight excluding hydrogens is 228 g/mol. The van der Waals surface area contributed by atoms with Crippen LogP contribution in [0.2, 0.25) is 0 Å². The lowest BCUT2D eigenvalue weighted by Crippen LogP contribution is -2.36. The van der Waals surface area contributed by atoms with Crippen LogP contribution in [0, 0.1) is 0 Å². The number of carbonyl (C=O) groups excluding carboxylic acids is 1. The number of aliphatic hydroxyl groups excluding tert-OH is 1. The Kier molecular flexibility index (Phi) is 6.39. The smallest absolute Gasteiger partial charge is 0.243 e. The predicted octanol–water partition coefficient (Wildman–Crippen LogP) is 1.31. The van der Waals surface area contributed by atoms with Gasteiger partial charge in [0.25, 0.3) is 0 Å². The van der Waals surface area contributed by atoms with Gasteiger partial charge in [-0.1, -0.05) is 30.3 Å². The summed E-state index contributed by atoms with van der Waals surface area (Å²) in [6.45, 7) is 0.889. The highest BCUT2D eigenvalue weighted by Gasteiger charge is 2.18. The molecule has 18 heavy (non-hydrogen) atoms. The highest BCUT2D eigenvalue weighted by atomic mass is 16.2. The van der Waals surface area contributed by atoms with Crippen molar-refractivity contribution in [2.45, 2.75) is 25.3 Å². The highest BCUT2D eigenvalue weighted by Crippen LogP contribution is 2.12. The number of likely N-dealkylation sites (N-methyl/N-ethyl adjacent to an activating group) is 1. The third-order valence-corrected chi connectivity index (χ3v) is 2.95. The molecule has 4 nitrogen and oxygen atoms in total. The first-order valence-corrected chi connectivity index (χ1v) is 6.33. The molecule has 3 N–H and O–H groups in total. The van der Waals surface area contributed by atoms with E-state index in [1.54, 1.807) is 11.9 Å². The van der Waals surface area contributed by atoms with E-state index in [9.17, 15) is 4.79 Å². The van der Waals surface area contributed by atoms with Crippen LogP contribution in [-0.2, 0) is 4.79 Å². The molecule has 0 unspecified atom stereocenters. The molecule has 0 radical (unpaired) electrons. The molecule has 1 aromatic rings. The Labute approximate surface area is 108 Å². The zero-order valence-electron chi connectivity index (χ0n) is 10.9. The van der Waals surface area contributed by atoms with E-state index in [1.165, 1.54) is 0 Å². The van der Waals surface area contributed by atoms with E-state index in [2.05, 4.69) is 0 Å². The zero-order valence-corrected chi connectivity index (χ0v) is 10.9. The van der Waals surface area contributed by atoms with Gasteiger partial charge in [0.2, 0.25) is 5.91 Å². The summed E-state index contributed by atoms with van der Waals surface area (Å²) in [7, 11) is 1.77. The third kappa shape index (κ3) is 4.47. The van der Waals surface area contributed by atoms with Crippen molar-refractivity contribution in [3.8, 4) is 0 Å². The summed E-state index contributed by atoms with van der Waals surface area (Å²) in [5.74, 6) is -0.0646. The number of hydrogen-bond donors (Lipinski definition) is 2. The lowest BCUT2D eigenvalue weighted by molar-refractivity contribution is -0.131. The quantitative estimate of drug-likeness (QED) is 0.717. The first kappa shape index (κ1) is 14.7. The summed E-state index contributed by atoms with van der Waals surface area (Å²) in [5, 5.41) is 8.68. The molecular formula is C14H22N2O2. The van der Waals surface area contributed by atoms with Crippen molar-refractivity contribution in [3.05, 3.63) is 35.9 Å². The maximum Gasteiger partial charge on any atom is 0.243 e. The number of nitrogens with zero attached hydrogens (tertiary/aromatic N) is 1. The molecule has 0 spiro atoms. The van der Waals surface area contributed by atoms with E-state index in [1.807, 2.05) is 30.3 Å². The molecule has 1 atom stereocenters. The van der Waals surface area contributed by atoms with Crippen LogP contribution in [0.3, 0.4) is 0 Å². The molecule has 1 amide bonds. The van der Waals surface area contributed by atoms with Crippen molar-refractivity contribution >= 4 is 5.91 Å². The molecule has 0 aliphatic heterocycles. The number of rotatable bonds is 7. The van der Waals surface area contributed by atoms with E-state index in [-0.39, 0.29) is 12.5 Å². The normalized spacial score (nSPS) is 12.2. The van der Waals surface area contributed by atoms with Gasteiger partial charge in [-0.3, -0.25) is 4.79 Å². The standard InChI is InChI=1S/C14H22N2O2/c1-16(10-6-3-7-11-17)14(18)13(15)12-8-4-2-5-9-12/h2,4-5,8-9,13,17H,3,6-7,10-11,15H2,1H3/t13-/m1/s1. The predicted molar refractivity (Wildman–Crippen MR) is 71.9 cm³/mol. The Morgan fingerprint density at radius 2 is 1.94 bits per heavy atom. The molecule has 0 aliphatic carbocycles. The van der Waals surface area contributed by atoms with Crippen LogP contribution in [0.5, 0.6) is 0 Å². The SMILES string of the molecule is CN(CCCCCO)C(=O)[C@H](N)c1ccccc1. The van der Waals surface area contributed by atoms with Crippen molar-refractivity contribution in [1.29, 1.82) is 0 Å². The molecule has 1 rings (SSSR count). The number of benzene rings is 1.